The lowest BCUT2D eigenvalue weighted by Gasteiger charge is -2.30. The molecule has 122 valence electrons. The lowest BCUT2D eigenvalue weighted by atomic mass is 9.85. The van der Waals surface area contributed by atoms with E-state index in [1.54, 1.807) is 0 Å². The molecule has 0 unspecified atom stereocenters. The van der Waals surface area contributed by atoms with Crippen molar-refractivity contribution in [2.24, 2.45) is 5.41 Å². The molecule has 23 heavy (non-hydrogen) atoms. The van der Waals surface area contributed by atoms with E-state index in [0.717, 1.165) is 17.6 Å². The maximum atomic E-state index is 12.6. The van der Waals surface area contributed by atoms with E-state index in [0.29, 0.717) is 5.57 Å². The second-order valence-electron chi connectivity index (χ2n) is 7.19. The number of nitrogens with one attached hydrogen (secondary N) is 2. The van der Waals surface area contributed by atoms with Crippen molar-refractivity contribution in [2.45, 2.75) is 33.2 Å². The van der Waals surface area contributed by atoms with Crippen LogP contribution in [-0.2, 0) is 9.59 Å². The monoisotopic (exact) mass is 314 g/mol. The molecular weight excluding hydrogens is 292 g/mol. The normalized spacial score (nSPS) is 19.4. The van der Waals surface area contributed by atoms with Crippen LogP contribution in [0.1, 0.15) is 27.2 Å². The molecule has 3 N–H and O–H groups in total. The van der Waals surface area contributed by atoms with Crippen LogP contribution >= 0.6 is 0 Å². The minimum Gasteiger partial charge on any atom is -0.395 e. The molecule has 1 saturated carbocycles. The maximum Gasteiger partial charge on any atom is 0.252 e. The van der Waals surface area contributed by atoms with E-state index in [2.05, 4.69) is 16.7 Å². The van der Waals surface area contributed by atoms with Crippen molar-refractivity contribution in [3.05, 3.63) is 46.1 Å². The molecule has 3 rings (SSSR count). The van der Waals surface area contributed by atoms with Gasteiger partial charge in [0.25, 0.3) is 5.91 Å². The third-order valence-corrected chi connectivity index (χ3v) is 4.33. The van der Waals surface area contributed by atoms with Gasteiger partial charge in [0.2, 0.25) is 5.91 Å². The summed E-state index contributed by atoms with van der Waals surface area (Å²) >= 11 is 0. The fourth-order valence-electron chi connectivity index (χ4n) is 3.00. The maximum absolute atomic E-state index is 12.6. The van der Waals surface area contributed by atoms with Gasteiger partial charge in [-0.15, -0.1) is 0 Å². The van der Waals surface area contributed by atoms with Gasteiger partial charge in [0.05, 0.1) is 6.61 Å². The number of allylic oxidation sites excluding steroid dienone is 6. The van der Waals surface area contributed by atoms with Gasteiger partial charge < -0.3 is 15.7 Å². The van der Waals surface area contributed by atoms with E-state index in [9.17, 15) is 9.59 Å². The first-order chi connectivity index (χ1) is 10.8. The Morgan fingerprint density at radius 3 is 2.65 bits per heavy atom. The molecule has 1 atom stereocenters. The van der Waals surface area contributed by atoms with Crippen molar-refractivity contribution in [1.29, 1.82) is 0 Å². The minimum atomic E-state index is -0.664. The fraction of sp³-hybridized carbons (Fsp3) is 0.444. The number of fused-ring (bicyclic) bond motifs is 2. The highest BCUT2D eigenvalue weighted by Crippen LogP contribution is 2.51. The smallest absolute Gasteiger partial charge is 0.252 e. The molecule has 0 bridgehead atoms. The summed E-state index contributed by atoms with van der Waals surface area (Å²) in [6.07, 6.45) is 6.90. The number of aliphatic hydroxyl groups excluding tert-OH is 1. The van der Waals surface area contributed by atoms with Gasteiger partial charge in [-0.05, 0) is 46.3 Å². The van der Waals surface area contributed by atoms with Crippen molar-refractivity contribution >= 4 is 11.8 Å². The van der Waals surface area contributed by atoms with Gasteiger partial charge in [0.15, 0.2) is 0 Å². The number of rotatable bonds is 5. The van der Waals surface area contributed by atoms with Crippen molar-refractivity contribution < 1.29 is 14.7 Å². The van der Waals surface area contributed by atoms with Crippen LogP contribution in [0.15, 0.2) is 46.1 Å². The Labute approximate surface area is 135 Å². The third kappa shape index (κ3) is 2.88. The van der Waals surface area contributed by atoms with E-state index in [-0.39, 0.29) is 25.0 Å². The van der Waals surface area contributed by atoms with E-state index < -0.39 is 11.5 Å². The van der Waals surface area contributed by atoms with Crippen molar-refractivity contribution in [1.82, 2.24) is 10.6 Å². The molecule has 0 saturated heterocycles. The quantitative estimate of drug-likeness (QED) is 0.712. The predicted octanol–water partition coefficient (Wildman–Crippen LogP) is 1.13. The highest BCUT2D eigenvalue weighted by molar-refractivity contribution is 6.03. The second-order valence-corrected chi connectivity index (χ2v) is 7.19. The average molecular weight is 314 g/mol. The van der Waals surface area contributed by atoms with Gasteiger partial charge in [-0.25, -0.2) is 0 Å². The first kappa shape index (κ1) is 15.7. The summed E-state index contributed by atoms with van der Waals surface area (Å²) in [7, 11) is 0. The molecular formula is C18H22N2O3. The molecule has 0 spiro atoms. The molecule has 2 amide bonds. The molecule has 0 radical (unpaired) electrons. The highest BCUT2D eigenvalue weighted by atomic mass is 16.3. The SMILES string of the molecule is CC(C)(C)[C@H](NC(=O)C1=C2C=C3CC3=C2C=C1)C(=O)NCCO. The van der Waals surface area contributed by atoms with Crippen LogP contribution < -0.4 is 10.6 Å². The van der Waals surface area contributed by atoms with Gasteiger partial charge in [0, 0.05) is 12.1 Å². The first-order valence-corrected chi connectivity index (χ1v) is 7.89. The largest absolute Gasteiger partial charge is 0.395 e. The Balaban J connectivity index is 1.76. The molecule has 3 aliphatic rings. The van der Waals surface area contributed by atoms with Crippen LogP contribution in [0.25, 0.3) is 0 Å². The topological polar surface area (TPSA) is 78.4 Å². The van der Waals surface area contributed by atoms with Crippen LogP contribution in [0.4, 0.5) is 0 Å². The van der Waals surface area contributed by atoms with E-state index in [1.165, 1.54) is 11.1 Å². The number of carbonyl (C=O) groups is 2. The van der Waals surface area contributed by atoms with Crippen LogP contribution in [0.5, 0.6) is 0 Å². The lowest BCUT2D eigenvalue weighted by Crippen LogP contribution is -2.54. The third-order valence-electron chi connectivity index (χ3n) is 4.33. The minimum absolute atomic E-state index is 0.126. The average Bonchev–Trinajstić information content (AvgIpc) is 2.95. The van der Waals surface area contributed by atoms with Gasteiger partial charge in [0.1, 0.15) is 6.04 Å². The van der Waals surface area contributed by atoms with Gasteiger partial charge >= 0.3 is 0 Å². The molecule has 1 fully saturated rings. The first-order valence-electron chi connectivity index (χ1n) is 7.89. The number of carbonyl (C=O) groups excluding carboxylic acids is 2. The highest BCUT2D eigenvalue weighted by Gasteiger charge is 2.37. The van der Waals surface area contributed by atoms with E-state index in [4.69, 9.17) is 5.11 Å². The molecule has 5 heteroatoms. The number of hydrogen-bond acceptors (Lipinski definition) is 3. The number of aliphatic hydroxyl groups is 1. The zero-order valence-corrected chi connectivity index (χ0v) is 13.7. The molecule has 0 aromatic heterocycles. The number of hydrogen-bond donors (Lipinski definition) is 3. The van der Waals surface area contributed by atoms with E-state index >= 15 is 0 Å². The van der Waals surface area contributed by atoms with Crippen molar-refractivity contribution in [2.75, 3.05) is 13.2 Å². The number of amides is 2. The Morgan fingerprint density at radius 1 is 1.26 bits per heavy atom. The zero-order valence-electron chi connectivity index (χ0n) is 13.7. The van der Waals surface area contributed by atoms with Gasteiger partial charge in [-0.2, -0.15) is 0 Å². The van der Waals surface area contributed by atoms with Gasteiger partial charge in [-0.3, -0.25) is 9.59 Å². The summed E-state index contributed by atoms with van der Waals surface area (Å²) in [4.78, 5) is 24.9. The summed E-state index contributed by atoms with van der Waals surface area (Å²) in [5.41, 5.74) is 4.98. The summed E-state index contributed by atoms with van der Waals surface area (Å²) in [6.45, 7) is 5.76. The summed E-state index contributed by atoms with van der Waals surface area (Å²) in [5, 5.41) is 14.3. The standard InChI is InChI=1S/C18H22N2O3/c1-18(2,3)15(17(23)19-6-7-21)20-16(22)12-5-4-11-13-8-10(13)9-14(11)12/h4-5,9,15,21H,6-8H2,1-3H3,(H,19,23)(H,20,22)/t15-/m1/s1. The molecule has 0 heterocycles. The summed E-state index contributed by atoms with van der Waals surface area (Å²) < 4.78 is 0. The second kappa shape index (κ2) is 5.49. The molecule has 0 aromatic carbocycles. The predicted molar refractivity (Wildman–Crippen MR) is 87.4 cm³/mol. The molecule has 3 aliphatic carbocycles. The Kier molecular flexibility index (Phi) is 3.76. The van der Waals surface area contributed by atoms with Crippen molar-refractivity contribution in [3.63, 3.8) is 0 Å². The fourth-order valence-corrected chi connectivity index (χ4v) is 3.00. The Morgan fingerprint density at radius 2 is 2.00 bits per heavy atom. The van der Waals surface area contributed by atoms with Crippen LogP contribution in [0.2, 0.25) is 0 Å². The summed E-state index contributed by atoms with van der Waals surface area (Å²) in [6, 6.07) is -0.664. The van der Waals surface area contributed by atoms with Crippen LogP contribution in [0.3, 0.4) is 0 Å². The Hall–Kier alpha value is -2.14. The van der Waals surface area contributed by atoms with Crippen LogP contribution in [-0.4, -0.2) is 36.1 Å². The van der Waals surface area contributed by atoms with Gasteiger partial charge in [-0.1, -0.05) is 26.8 Å². The zero-order chi connectivity index (χ0) is 16.8. The van der Waals surface area contributed by atoms with E-state index in [1.807, 2.05) is 32.9 Å². The Bertz CT molecular complexity index is 702. The van der Waals surface area contributed by atoms with Crippen LogP contribution in [0, 0.1) is 5.41 Å². The molecule has 0 aromatic rings. The molecule has 5 nitrogen and oxygen atoms in total. The summed E-state index contributed by atoms with van der Waals surface area (Å²) in [5.74, 6) is -0.511. The van der Waals surface area contributed by atoms with Crippen molar-refractivity contribution in [3.8, 4) is 0 Å². The molecule has 0 aliphatic heterocycles. The lowest BCUT2D eigenvalue weighted by molar-refractivity contribution is -0.130.